The van der Waals surface area contributed by atoms with Gasteiger partial charge in [-0.1, -0.05) is 33.8 Å². The molecule has 17 heavy (non-hydrogen) atoms. The Morgan fingerprint density at radius 3 is 2.71 bits per heavy atom. The second-order valence-corrected chi connectivity index (χ2v) is 8.18. The predicted octanol–water partition coefficient (Wildman–Crippen LogP) is 4.19. The van der Waals surface area contributed by atoms with E-state index in [1.165, 1.54) is 23.5 Å². The summed E-state index contributed by atoms with van der Waals surface area (Å²) < 4.78 is 0.372. The first kappa shape index (κ1) is 15.1. The quantitative estimate of drug-likeness (QED) is 0.798. The van der Waals surface area contributed by atoms with Gasteiger partial charge in [0.15, 0.2) is 0 Å². The second kappa shape index (κ2) is 7.45. The van der Waals surface area contributed by atoms with E-state index in [4.69, 9.17) is 0 Å². The van der Waals surface area contributed by atoms with Crippen LogP contribution in [0.2, 0.25) is 0 Å². The molecular formula is C14H25NS2. The van der Waals surface area contributed by atoms with Gasteiger partial charge in [-0.3, -0.25) is 0 Å². The number of thiophene rings is 1. The van der Waals surface area contributed by atoms with E-state index in [0.717, 1.165) is 6.54 Å². The Balaban J connectivity index is 2.32. The van der Waals surface area contributed by atoms with Crippen LogP contribution in [0.15, 0.2) is 17.5 Å². The number of aryl methyl sites for hydroxylation is 1. The number of nitrogens with one attached hydrogen (secondary N) is 1. The van der Waals surface area contributed by atoms with E-state index in [1.807, 2.05) is 11.3 Å². The molecule has 1 unspecified atom stereocenters. The van der Waals surface area contributed by atoms with Crippen LogP contribution in [0.1, 0.15) is 39.0 Å². The van der Waals surface area contributed by atoms with Crippen molar-refractivity contribution in [3.8, 4) is 0 Å². The molecule has 0 aliphatic carbocycles. The summed E-state index contributed by atoms with van der Waals surface area (Å²) in [5.74, 6) is 1.21. The van der Waals surface area contributed by atoms with Crippen LogP contribution in [0.4, 0.5) is 0 Å². The van der Waals surface area contributed by atoms with Gasteiger partial charge < -0.3 is 5.32 Å². The van der Waals surface area contributed by atoms with Gasteiger partial charge in [-0.05, 0) is 30.8 Å². The fourth-order valence-electron chi connectivity index (χ4n) is 1.65. The Kier molecular flexibility index (Phi) is 6.60. The van der Waals surface area contributed by atoms with Gasteiger partial charge in [-0.15, -0.1) is 11.3 Å². The molecule has 98 valence electrons. The van der Waals surface area contributed by atoms with E-state index in [0.29, 0.717) is 10.8 Å². The van der Waals surface area contributed by atoms with Crippen LogP contribution in [-0.2, 0) is 6.42 Å². The van der Waals surface area contributed by atoms with Crippen LogP contribution in [0, 0.1) is 0 Å². The number of hydrogen-bond donors (Lipinski definition) is 1. The van der Waals surface area contributed by atoms with Gasteiger partial charge in [0, 0.05) is 21.4 Å². The topological polar surface area (TPSA) is 12.0 Å². The van der Waals surface area contributed by atoms with Gasteiger partial charge in [0.25, 0.3) is 0 Å². The minimum absolute atomic E-state index is 0.372. The van der Waals surface area contributed by atoms with Crippen molar-refractivity contribution in [3.63, 3.8) is 0 Å². The van der Waals surface area contributed by atoms with Crippen LogP contribution < -0.4 is 5.32 Å². The molecule has 1 aromatic rings. The standard InChI is InChI=1S/C14H25NS2/c1-5-15-12(11-17-14(2,3)4)8-9-13-7-6-10-16-13/h6-7,10,12,15H,5,8-9,11H2,1-4H3. The van der Waals surface area contributed by atoms with Gasteiger partial charge in [-0.25, -0.2) is 0 Å². The van der Waals surface area contributed by atoms with Gasteiger partial charge in [0.05, 0.1) is 0 Å². The largest absolute Gasteiger partial charge is 0.313 e. The number of hydrogen-bond acceptors (Lipinski definition) is 3. The highest BCUT2D eigenvalue weighted by atomic mass is 32.2. The molecule has 1 N–H and O–H groups in total. The fraction of sp³-hybridized carbons (Fsp3) is 0.714. The molecule has 0 saturated carbocycles. The molecular weight excluding hydrogens is 246 g/mol. The molecule has 0 aliphatic heterocycles. The SMILES string of the molecule is CCNC(CCc1cccs1)CSC(C)(C)C. The van der Waals surface area contributed by atoms with E-state index in [-0.39, 0.29) is 0 Å². The van der Waals surface area contributed by atoms with Crippen LogP contribution in [0.3, 0.4) is 0 Å². The molecule has 1 rings (SSSR count). The molecule has 1 atom stereocenters. The Labute approximate surface area is 114 Å². The zero-order valence-electron chi connectivity index (χ0n) is 11.5. The highest BCUT2D eigenvalue weighted by Crippen LogP contribution is 2.25. The average molecular weight is 271 g/mol. The van der Waals surface area contributed by atoms with Crippen LogP contribution >= 0.6 is 23.1 Å². The first-order valence-corrected chi connectivity index (χ1v) is 8.27. The van der Waals surface area contributed by atoms with Gasteiger partial charge in [0.2, 0.25) is 0 Å². The van der Waals surface area contributed by atoms with Gasteiger partial charge in [0.1, 0.15) is 0 Å². The Bertz CT molecular complexity index is 288. The third-order valence-electron chi connectivity index (χ3n) is 2.53. The van der Waals surface area contributed by atoms with Crippen molar-refractivity contribution in [2.24, 2.45) is 0 Å². The van der Waals surface area contributed by atoms with Gasteiger partial charge >= 0.3 is 0 Å². The highest BCUT2D eigenvalue weighted by Gasteiger charge is 2.15. The summed E-state index contributed by atoms with van der Waals surface area (Å²) in [4.78, 5) is 1.51. The molecule has 0 radical (unpaired) electrons. The first-order chi connectivity index (χ1) is 8.01. The minimum Gasteiger partial charge on any atom is -0.313 e. The summed E-state index contributed by atoms with van der Waals surface area (Å²) in [5.41, 5.74) is 0. The Morgan fingerprint density at radius 1 is 1.41 bits per heavy atom. The second-order valence-electron chi connectivity index (χ2n) is 5.30. The normalized spacial score (nSPS) is 13.9. The van der Waals surface area contributed by atoms with E-state index < -0.39 is 0 Å². The zero-order chi connectivity index (χ0) is 12.7. The molecule has 1 nitrogen and oxygen atoms in total. The first-order valence-electron chi connectivity index (χ1n) is 6.41. The van der Waals surface area contributed by atoms with E-state index >= 15 is 0 Å². The lowest BCUT2D eigenvalue weighted by molar-refractivity contribution is 0.537. The highest BCUT2D eigenvalue weighted by molar-refractivity contribution is 8.00. The minimum atomic E-state index is 0.372. The van der Waals surface area contributed by atoms with E-state index in [9.17, 15) is 0 Å². The zero-order valence-corrected chi connectivity index (χ0v) is 13.1. The molecule has 0 spiro atoms. The maximum Gasteiger partial charge on any atom is 0.0161 e. The smallest absolute Gasteiger partial charge is 0.0161 e. The monoisotopic (exact) mass is 271 g/mol. The van der Waals surface area contributed by atoms with Crippen LogP contribution in [0.25, 0.3) is 0 Å². The van der Waals surface area contributed by atoms with Crippen molar-refractivity contribution in [1.82, 2.24) is 5.32 Å². The summed E-state index contributed by atoms with van der Waals surface area (Å²) in [6, 6.07) is 5.03. The molecule has 0 amide bonds. The van der Waals surface area contributed by atoms with Crippen molar-refractivity contribution in [2.45, 2.75) is 51.3 Å². The Morgan fingerprint density at radius 2 is 2.18 bits per heavy atom. The fourth-order valence-corrected chi connectivity index (χ4v) is 3.37. The molecule has 0 aliphatic rings. The van der Waals surface area contributed by atoms with Crippen LogP contribution in [-0.4, -0.2) is 23.1 Å². The predicted molar refractivity (Wildman–Crippen MR) is 82.3 cm³/mol. The molecule has 0 aromatic carbocycles. The lowest BCUT2D eigenvalue weighted by atomic mass is 10.1. The van der Waals surface area contributed by atoms with E-state index in [2.05, 4.69) is 62.3 Å². The molecule has 0 bridgehead atoms. The summed E-state index contributed by atoms with van der Waals surface area (Å²) in [6.45, 7) is 10.1. The molecule has 0 saturated heterocycles. The van der Waals surface area contributed by atoms with Crippen molar-refractivity contribution in [3.05, 3.63) is 22.4 Å². The lowest BCUT2D eigenvalue weighted by Gasteiger charge is -2.23. The third kappa shape index (κ3) is 7.12. The average Bonchev–Trinajstić information content (AvgIpc) is 2.74. The maximum atomic E-state index is 3.60. The lowest BCUT2D eigenvalue weighted by Crippen LogP contribution is -2.33. The summed E-state index contributed by atoms with van der Waals surface area (Å²) in [5, 5.41) is 5.77. The van der Waals surface area contributed by atoms with Crippen molar-refractivity contribution in [1.29, 1.82) is 0 Å². The van der Waals surface area contributed by atoms with Crippen molar-refractivity contribution in [2.75, 3.05) is 12.3 Å². The van der Waals surface area contributed by atoms with Crippen molar-refractivity contribution < 1.29 is 0 Å². The molecule has 1 aromatic heterocycles. The maximum absolute atomic E-state index is 3.60. The molecule has 1 heterocycles. The van der Waals surface area contributed by atoms with Crippen LogP contribution in [0.5, 0.6) is 0 Å². The summed E-state index contributed by atoms with van der Waals surface area (Å²) >= 11 is 3.93. The summed E-state index contributed by atoms with van der Waals surface area (Å²) in [7, 11) is 0. The number of thioether (sulfide) groups is 1. The van der Waals surface area contributed by atoms with E-state index in [1.54, 1.807) is 0 Å². The third-order valence-corrected chi connectivity index (χ3v) is 4.90. The van der Waals surface area contributed by atoms with Crippen molar-refractivity contribution >= 4 is 23.1 Å². The number of rotatable bonds is 7. The Hall–Kier alpha value is 0.01000. The van der Waals surface area contributed by atoms with Gasteiger partial charge in [-0.2, -0.15) is 11.8 Å². The summed E-state index contributed by atoms with van der Waals surface area (Å²) in [6.07, 6.45) is 2.46. The molecule has 3 heteroatoms. The molecule has 0 fully saturated rings.